The molecule has 1 fully saturated rings. The Balaban J connectivity index is 1.35. The van der Waals surface area contributed by atoms with E-state index in [0.717, 1.165) is 62.8 Å². The molecular formula is C31H35N3O3. The van der Waals surface area contributed by atoms with Gasteiger partial charge in [-0.05, 0) is 72.0 Å². The number of nitrogens with one attached hydrogen (secondary N) is 1. The molecule has 6 heteroatoms. The van der Waals surface area contributed by atoms with Crippen molar-refractivity contribution >= 4 is 10.9 Å². The molecule has 0 amide bonds. The average molecular weight is 498 g/mol. The molecule has 0 radical (unpaired) electrons. The first-order valence-corrected chi connectivity index (χ1v) is 13.0. The van der Waals surface area contributed by atoms with Gasteiger partial charge in [0.05, 0.1) is 26.9 Å². The number of ether oxygens (including phenoxy) is 3. The lowest BCUT2D eigenvalue weighted by Gasteiger charge is -2.45. The van der Waals surface area contributed by atoms with Gasteiger partial charge in [0.2, 0.25) is 0 Å². The van der Waals surface area contributed by atoms with Gasteiger partial charge in [0.15, 0.2) is 0 Å². The van der Waals surface area contributed by atoms with Crippen LogP contribution in [0.15, 0.2) is 66.7 Å². The fourth-order valence-electron chi connectivity index (χ4n) is 6.27. The maximum atomic E-state index is 5.57. The molecule has 1 atom stereocenters. The SMILES string of the molecule is COc1ccc(CN2CCC3(C2)c2[nH]c4ccc(OC)cc4c2CCN3Cc2ccc(OC)cc2)cc1. The van der Waals surface area contributed by atoms with Crippen LogP contribution < -0.4 is 14.2 Å². The molecule has 6 rings (SSSR count). The number of fused-ring (bicyclic) bond motifs is 4. The summed E-state index contributed by atoms with van der Waals surface area (Å²) in [7, 11) is 5.18. The van der Waals surface area contributed by atoms with Crippen LogP contribution >= 0.6 is 0 Å². The van der Waals surface area contributed by atoms with Crippen LogP contribution in [0.1, 0.15) is 28.8 Å². The number of rotatable bonds is 7. The van der Waals surface area contributed by atoms with Crippen LogP contribution in [-0.4, -0.2) is 55.7 Å². The van der Waals surface area contributed by atoms with Crippen LogP contribution in [-0.2, 0) is 25.0 Å². The van der Waals surface area contributed by atoms with E-state index in [4.69, 9.17) is 14.2 Å². The summed E-state index contributed by atoms with van der Waals surface area (Å²) in [5.41, 5.74) is 6.60. The largest absolute Gasteiger partial charge is 0.497 e. The van der Waals surface area contributed by atoms with Gasteiger partial charge in [-0.25, -0.2) is 0 Å². The lowest BCUT2D eigenvalue weighted by Crippen LogP contribution is -2.51. The summed E-state index contributed by atoms with van der Waals surface area (Å²) in [6.45, 7) is 4.93. The second kappa shape index (κ2) is 9.77. The fourth-order valence-corrected chi connectivity index (χ4v) is 6.27. The summed E-state index contributed by atoms with van der Waals surface area (Å²) in [4.78, 5) is 9.18. The van der Waals surface area contributed by atoms with Gasteiger partial charge in [0.1, 0.15) is 17.2 Å². The van der Waals surface area contributed by atoms with E-state index in [2.05, 4.69) is 81.5 Å². The molecule has 3 heterocycles. The van der Waals surface area contributed by atoms with Gasteiger partial charge in [-0.1, -0.05) is 24.3 Å². The lowest BCUT2D eigenvalue weighted by molar-refractivity contribution is 0.0667. The Bertz CT molecular complexity index is 1380. The summed E-state index contributed by atoms with van der Waals surface area (Å²) in [5, 5.41) is 1.30. The van der Waals surface area contributed by atoms with Gasteiger partial charge in [-0.3, -0.25) is 9.80 Å². The van der Waals surface area contributed by atoms with Crippen molar-refractivity contribution in [3.05, 3.63) is 89.1 Å². The number of benzene rings is 3. The Kier molecular flexibility index (Phi) is 6.31. The second-order valence-corrected chi connectivity index (χ2v) is 10.3. The van der Waals surface area contributed by atoms with Crippen molar-refractivity contribution in [2.24, 2.45) is 0 Å². The van der Waals surface area contributed by atoms with Crippen molar-refractivity contribution in [3.8, 4) is 17.2 Å². The quantitative estimate of drug-likeness (QED) is 0.373. The number of aromatic amines is 1. The first-order chi connectivity index (χ1) is 18.1. The van der Waals surface area contributed by atoms with Crippen LogP contribution in [0.4, 0.5) is 0 Å². The third kappa shape index (κ3) is 4.34. The van der Waals surface area contributed by atoms with Crippen LogP contribution in [0.3, 0.4) is 0 Å². The molecule has 1 saturated heterocycles. The molecule has 1 unspecified atom stereocenters. The number of nitrogens with zero attached hydrogens (tertiary/aromatic N) is 2. The molecule has 6 nitrogen and oxygen atoms in total. The molecule has 192 valence electrons. The van der Waals surface area contributed by atoms with E-state index in [9.17, 15) is 0 Å². The second-order valence-electron chi connectivity index (χ2n) is 10.3. The summed E-state index contributed by atoms with van der Waals surface area (Å²) in [6, 6.07) is 23.4. The molecule has 3 aromatic carbocycles. The van der Waals surface area contributed by atoms with Gasteiger partial charge in [0.25, 0.3) is 0 Å². The fraction of sp³-hybridized carbons (Fsp3) is 0.355. The third-order valence-corrected chi connectivity index (χ3v) is 8.24. The highest BCUT2D eigenvalue weighted by atomic mass is 16.5. The Morgan fingerprint density at radius 2 is 1.38 bits per heavy atom. The highest BCUT2D eigenvalue weighted by Crippen LogP contribution is 2.46. The highest BCUT2D eigenvalue weighted by Gasteiger charge is 2.48. The highest BCUT2D eigenvalue weighted by molar-refractivity contribution is 5.87. The first kappa shape index (κ1) is 23.9. The third-order valence-electron chi connectivity index (χ3n) is 8.24. The summed E-state index contributed by atoms with van der Waals surface area (Å²) in [6.07, 6.45) is 2.12. The monoisotopic (exact) mass is 497 g/mol. The lowest BCUT2D eigenvalue weighted by atomic mass is 9.83. The minimum Gasteiger partial charge on any atom is -0.497 e. The van der Waals surface area contributed by atoms with Crippen molar-refractivity contribution in [3.63, 3.8) is 0 Å². The number of aromatic nitrogens is 1. The van der Waals surface area contributed by atoms with E-state index < -0.39 is 0 Å². The first-order valence-electron chi connectivity index (χ1n) is 13.0. The van der Waals surface area contributed by atoms with Crippen molar-refractivity contribution in [2.75, 3.05) is 41.0 Å². The molecule has 37 heavy (non-hydrogen) atoms. The molecule has 1 aromatic heterocycles. The molecule has 1 N–H and O–H groups in total. The van der Waals surface area contributed by atoms with Crippen LogP contribution in [0, 0.1) is 0 Å². The topological polar surface area (TPSA) is 50.0 Å². The minimum atomic E-state index is -0.0633. The molecule has 1 spiro atoms. The molecule has 2 aliphatic heterocycles. The smallest absolute Gasteiger partial charge is 0.119 e. The van der Waals surface area contributed by atoms with Gasteiger partial charge in [-0.2, -0.15) is 0 Å². The Labute approximate surface area is 218 Å². The molecule has 0 saturated carbocycles. The average Bonchev–Trinajstić information content (AvgIpc) is 3.53. The Hall–Kier alpha value is -3.48. The molecular weight excluding hydrogens is 462 g/mol. The maximum absolute atomic E-state index is 5.57. The van der Waals surface area contributed by atoms with E-state index in [1.54, 1.807) is 21.3 Å². The molecule has 0 aliphatic carbocycles. The van der Waals surface area contributed by atoms with Crippen molar-refractivity contribution in [2.45, 2.75) is 31.5 Å². The number of hydrogen-bond donors (Lipinski definition) is 1. The van der Waals surface area contributed by atoms with Crippen molar-refractivity contribution in [1.82, 2.24) is 14.8 Å². The van der Waals surface area contributed by atoms with E-state index in [0.29, 0.717) is 0 Å². The zero-order chi connectivity index (χ0) is 25.4. The van der Waals surface area contributed by atoms with Gasteiger partial charge in [-0.15, -0.1) is 0 Å². The normalized spacial score (nSPS) is 19.9. The van der Waals surface area contributed by atoms with Gasteiger partial charge >= 0.3 is 0 Å². The molecule has 0 bridgehead atoms. The van der Waals surface area contributed by atoms with Gasteiger partial charge in [0, 0.05) is 49.3 Å². The number of hydrogen-bond acceptors (Lipinski definition) is 5. The van der Waals surface area contributed by atoms with Crippen LogP contribution in [0.5, 0.6) is 17.2 Å². The predicted octanol–water partition coefficient (Wildman–Crippen LogP) is 5.35. The van der Waals surface area contributed by atoms with Crippen molar-refractivity contribution in [1.29, 1.82) is 0 Å². The molecule has 2 aliphatic rings. The summed E-state index contributed by atoms with van der Waals surface area (Å²) in [5.74, 6) is 2.71. The summed E-state index contributed by atoms with van der Waals surface area (Å²) < 4.78 is 16.3. The van der Waals surface area contributed by atoms with E-state index in [1.165, 1.54) is 33.3 Å². The van der Waals surface area contributed by atoms with E-state index in [-0.39, 0.29) is 5.54 Å². The van der Waals surface area contributed by atoms with Crippen molar-refractivity contribution < 1.29 is 14.2 Å². The van der Waals surface area contributed by atoms with Crippen LogP contribution in [0.2, 0.25) is 0 Å². The summed E-state index contributed by atoms with van der Waals surface area (Å²) >= 11 is 0. The van der Waals surface area contributed by atoms with E-state index >= 15 is 0 Å². The predicted molar refractivity (Wildman–Crippen MR) is 147 cm³/mol. The van der Waals surface area contributed by atoms with Crippen LogP contribution in [0.25, 0.3) is 10.9 Å². The zero-order valence-electron chi connectivity index (χ0n) is 21.9. The minimum absolute atomic E-state index is 0.0633. The number of methoxy groups -OCH3 is 3. The van der Waals surface area contributed by atoms with Gasteiger partial charge < -0.3 is 19.2 Å². The maximum Gasteiger partial charge on any atom is 0.119 e. The standard InChI is InChI=1S/C31H35N3O3/c1-35-24-8-4-22(5-9-24)19-33-17-15-31(21-33)30-27(28-18-26(37-3)12-13-29(28)32-30)14-16-34(31)20-23-6-10-25(36-2)11-7-23/h4-13,18,32H,14-17,19-21H2,1-3H3. The van der Waals surface area contributed by atoms with E-state index in [1.807, 2.05) is 0 Å². The number of H-pyrrole nitrogens is 1. The zero-order valence-corrected chi connectivity index (χ0v) is 21.9. The Morgan fingerprint density at radius 3 is 2.03 bits per heavy atom. The number of likely N-dealkylation sites (tertiary alicyclic amines) is 1. The molecule has 4 aromatic rings. The Morgan fingerprint density at radius 1 is 0.757 bits per heavy atom.